The number of hydrogen-bond donors (Lipinski definition) is 5. The number of aromatic amines is 1. The summed E-state index contributed by atoms with van der Waals surface area (Å²) in [6.07, 6.45) is -6.48. The smallest absolute Gasteiger partial charge is 0.408 e. The molecule has 0 aliphatic carbocycles. The Bertz CT molecular complexity index is 3070. The van der Waals surface area contributed by atoms with Gasteiger partial charge in [-0.15, -0.1) is 0 Å². The molecular formula is C47H68N10O15P2Si2. The molecule has 5 N–H and O–H groups in total. The van der Waals surface area contributed by atoms with Gasteiger partial charge in [0.15, 0.2) is 46.1 Å². The average Bonchev–Trinajstić information content (AvgIpc) is 4.12. The van der Waals surface area contributed by atoms with E-state index < -0.39 is 135 Å². The van der Waals surface area contributed by atoms with E-state index in [0.29, 0.717) is 11.1 Å². The Kier molecular flexibility index (Phi) is 18.0. The van der Waals surface area contributed by atoms with E-state index in [2.05, 4.69) is 35.6 Å². The molecule has 76 heavy (non-hydrogen) atoms. The van der Waals surface area contributed by atoms with Crippen LogP contribution < -0.4 is 16.2 Å². The van der Waals surface area contributed by atoms with E-state index >= 15 is 4.57 Å². The standard InChI is InChI=1S/C47H68N10O15P2Si2/c1-27(2)40(59)54-45-53-39-33(42(61)55-45)51-26-57(39)43-36(35(30(23-58)67-43)71-75(9,10)46(3,4)5)70-74(64,65-22-16-20-48)66-24-31-34(69-73(62)63)37(72-76(11,12)47(6,7)8)44(68-31)56-25-50-32-29(56)19-21-49-38(32)52-41(60)28-17-14-13-15-18-28/h13-15,17-19,21,25-27,30-31,34-37,43-44,58,73H,16,22-24H2,1-12H3,(H,62,63)(H,49,52,60)(H2,53,54,55,59,61)/t30-,31-,34-,35-,36-,37-,43-,44-,74?/m1/s1. The van der Waals surface area contributed by atoms with Gasteiger partial charge in [-0.2, -0.15) is 10.2 Å². The number of H-pyrrole nitrogens is 1. The summed E-state index contributed by atoms with van der Waals surface area (Å²) in [4.78, 5) is 70.2. The summed E-state index contributed by atoms with van der Waals surface area (Å²) in [5, 5.41) is 25.1. The number of nitrogens with one attached hydrogen (secondary N) is 3. The lowest BCUT2D eigenvalue weighted by Gasteiger charge is -2.40. The molecule has 1 aromatic carbocycles. The van der Waals surface area contributed by atoms with Gasteiger partial charge in [-0.25, -0.2) is 19.5 Å². The molecule has 6 heterocycles. The molecule has 29 heteroatoms. The molecule has 2 aliphatic heterocycles. The van der Waals surface area contributed by atoms with Crippen molar-refractivity contribution in [2.24, 2.45) is 5.92 Å². The molecule has 10 atom stereocenters. The van der Waals surface area contributed by atoms with Crippen LogP contribution in [-0.4, -0.2) is 129 Å². The van der Waals surface area contributed by atoms with E-state index in [1.54, 1.807) is 54.8 Å². The van der Waals surface area contributed by atoms with Gasteiger partial charge in [0.05, 0.1) is 50.5 Å². The van der Waals surface area contributed by atoms with Crippen LogP contribution in [0.25, 0.3) is 22.2 Å². The fourth-order valence-electron chi connectivity index (χ4n) is 7.89. The Balaban J connectivity index is 1.29. The maximum atomic E-state index is 15.5. The van der Waals surface area contributed by atoms with Crippen molar-refractivity contribution in [2.75, 3.05) is 30.5 Å². The summed E-state index contributed by atoms with van der Waals surface area (Å²) in [7, 11) is -14.4. The normalized spacial score (nSPS) is 23.7. The van der Waals surface area contributed by atoms with Gasteiger partial charge in [0.2, 0.25) is 11.9 Å². The zero-order valence-electron chi connectivity index (χ0n) is 44.5. The Hall–Kier alpha value is -4.89. The molecule has 2 saturated heterocycles. The third-order valence-corrected chi connectivity index (χ3v) is 25.0. The van der Waals surface area contributed by atoms with Crippen molar-refractivity contribution in [1.29, 1.82) is 5.26 Å². The number of nitrogens with zero attached hydrogens (tertiary/aromatic N) is 7. The molecule has 7 rings (SSSR count). The van der Waals surface area contributed by atoms with E-state index in [4.69, 9.17) is 36.4 Å². The number of amides is 2. The summed E-state index contributed by atoms with van der Waals surface area (Å²) >= 11 is 0. The van der Waals surface area contributed by atoms with E-state index in [0.717, 1.165) is 0 Å². The average molecular weight is 1130 g/mol. The summed E-state index contributed by atoms with van der Waals surface area (Å²) in [6.45, 7) is 21.4. The van der Waals surface area contributed by atoms with Gasteiger partial charge in [-0.05, 0) is 54.5 Å². The number of carbonyl (C=O) groups is 2. The number of phosphoric acid groups is 1. The van der Waals surface area contributed by atoms with E-state index in [9.17, 15) is 34.2 Å². The number of aromatic nitrogens is 7. The third-order valence-electron chi connectivity index (χ3n) is 14.1. The maximum absolute atomic E-state index is 15.5. The lowest BCUT2D eigenvalue weighted by molar-refractivity contribution is -0.118. The quantitative estimate of drug-likeness (QED) is 0.0276. The molecule has 5 aromatic rings. The second-order valence-corrected chi connectivity index (χ2v) is 33.7. The van der Waals surface area contributed by atoms with Crippen LogP contribution in [0.2, 0.25) is 36.3 Å². The lowest BCUT2D eigenvalue weighted by Crippen LogP contribution is -2.50. The van der Waals surface area contributed by atoms with Crippen LogP contribution in [0.4, 0.5) is 11.8 Å². The van der Waals surface area contributed by atoms with Crippen LogP contribution in [0.3, 0.4) is 0 Å². The first kappa shape index (κ1) is 58.8. The van der Waals surface area contributed by atoms with Crippen molar-refractivity contribution in [1.82, 2.24) is 34.1 Å². The topological polar surface area (TPSA) is 325 Å². The molecule has 0 saturated carbocycles. The number of fused-ring (bicyclic) bond motifs is 2. The van der Waals surface area contributed by atoms with Crippen molar-refractivity contribution in [3.8, 4) is 6.07 Å². The van der Waals surface area contributed by atoms with Crippen molar-refractivity contribution < 1.29 is 65.1 Å². The zero-order valence-corrected chi connectivity index (χ0v) is 48.4. The molecule has 2 aliphatic rings. The van der Waals surface area contributed by atoms with Crippen LogP contribution in [-0.2, 0) is 50.3 Å². The number of benzene rings is 1. The molecule has 0 radical (unpaired) electrons. The molecule has 25 nitrogen and oxygen atoms in total. The number of carbonyl (C=O) groups excluding carboxylic acids is 2. The Morgan fingerprint density at radius 1 is 0.882 bits per heavy atom. The van der Waals surface area contributed by atoms with Crippen molar-refractivity contribution in [3.05, 3.63) is 71.2 Å². The minimum Gasteiger partial charge on any atom is -0.408 e. The minimum absolute atomic E-state index is 0.0851. The number of anilines is 2. The molecule has 2 fully saturated rings. The predicted octanol–water partition coefficient (Wildman–Crippen LogP) is 7.19. The molecule has 0 spiro atoms. The number of pyridine rings is 1. The zero-order chi connectivity index (χ0) is 55.7. The second-order valence-electron chi connectivity index (χ2n) is 21.8. The van der Waals surface area contributed by atoms with Crippen LogP contribution in [0.5, 0.6) is 0 Å². The van der Waals surface area contributed by atoms with Crippen LogP contribution >= 0.6 is 16.1 Å². The number of imidazole rings is 2. The Morgan fingerprint density at radius 2 is 1.50 bits per heavy atom. The molecule has 2 amide bonds. The number of nitriles is 1. The van der Waals surface area contributed by atoms with Gasteiger partial charge in [0, 0.05) is 17.7 Å². The first-order chi connectivity index (χ1) is 35.6. The van der Waals surface area contributed by atoms with Gasteiger partial charge < -0.3 is 42.7 Å². The first-order valence-electron chi connectivity index (χ1n) is 24.7. The second kappa shape index (κ2) is 23.2. The molecule has 414 valence electrons. The Labute approximate surface area is 442 Å². The maximum Gasteiger partial charge on any atom is 0.475 e. The van der Waals surface area contributed by atoms with Gasteiger partial charge in [-0.3, -0.25) is 47.4 Å². The summed E-state index contributed by atoms with van der Waals surface area (Å²) in [6, 6.07) is 12.1. The number of aliphatic hydroxyl groups excluding tert-OH is 1. The van der Waals surface area contributed by atoms with Crippen LogP contribution in [0, 0.1) is 17.2 Å². The predicted molar refractivity (Wildman–Crippen MR) is 283 cm³/mol. The fourth-order valence-corrected chi connectivity index (χ4v) is 12.4. The first-order valence-corrected chi connectivity index (χ1v) is 33.2. The summed E-state index contributed by atoms with van der Waals surface area (Å²) in [5.74, 6) is -1.40. The number of phosphoric ester groups is 1. The number of hydrogen-bond acceptors (Lipinski definition) is 19. The highest BCUT2D eigenvalue weighted by molar-refractivity contribution is 7.48. The highest BCUT2D eigenvalue weighted by Crippen LogP contribution is 2.56. The largest absolute Gasteiger partial charge is 0.475 e. The third kappa shape index (κ3) is 12.8. The van der Waals surface area contributed by atoms with Crippen molar-refractivity contribution >= 4 is 78.5 Å². The van der Waals surface area contributed by atoms with Crippen molar-refractivity contribution in [2.45, 2.75) is 147 Å². The number of rotatable bonds is 21. The van der Waals surface area contributed by atoms with E-state index in [1.807, 2.05) is 73.8 Å². The molecule has 0 bridgehead atoms. The van der Waals surface area contributed by atoms with Crippen LogP contribution in [0.1, 0.15) is 84.6 Å². The summed E-state index contributed by atoms with van der Waals surface area (Å²) in [5.41, 5.74) is 0.146. The highest BCUT2D eigenvalue weighted by atomic mass is 31.2. The number of aliphatic hydroxyl groups is 1. The Morgan fingerprint density at radius 3 is 2.12 bits per heavy atom. The SMILES string of the molecule is CC(C)C(=O)Nc1nc2c(ncn2[C@@H]2O[C@H](CO)[C@@H](O[Si](C)(C)C(C)(C)C)[C@H]2OP(=O)(OCCC#N)OC[C@H]2O[C@@H](n3cnc4c(NC(=O)c5ccccc5)nccc43)[C@H](O[Si](C)(C)C(C)(C)C)[C@@H]2O[PH](=O)O)c(=O)[nH]1. The van der Waals surface area contributed by atoms with Crippen LogP contribution in [0.15, 0.2) is 60.0 Å². The van der Waals surface area contributed by atoms with Gasteiger partial charge >= 0.3 is 16.1 Å². The van der Waals surface area contributed by atoms with E-state index in [-0.39, 0.29) is 34.9 Å². The number of ether oxygens (including phenoxy) is 2. The van der Waals surface area contributed by atoms with Gasteiger partial charge in [0.25, 0.3) is 11.5 Å². The molecule has 2 unspecified atom stereocenters. The van der Waals surface area contributed by atoms with Gasteiger partial charge in [0.1, 0.15) is 42.1 Å². The molecular weight excluding hydrogens is 1060 g/mol. The van der Waals surface area contributed by atoms with E-state index in [1.165, 1.54) is 23.4 Å². The fraction of sp³-hybridized carbons (Fsp3) is 0.574. The summed E-state index contributed by atoms with van der Waals surface area (Å²) < 4.78 is 82.7. The lowest BCUT2D eigenvalue weighted by atomic mass is 10.1. The van der Waals surface area contributed by atoms with Crippen molar-refractivity contribution in [3.63, 3.8) is 0 Å². The molecule has 4 aromatic heterocycles. The highest BCUT2D eigenvalue weighted by Gasteiger charge is 2.56. The van der Waals surface area contributed by atoms with Gasteiger partial charge in [-0.1, -0.05) is 73.6 Å². The monoisotopic (exact) mass is 1130 g/mol. The minimum atomic E-state index is -5.02.